The van der Waals surface area contributed by atoms with E-state index < -0.39 is 42.6 Å². The number of aromatic nitrogens is 6. The first-order valence-electron chi connectivity index (χ1n) is 25.7. The molecule has 0 bridgehead atoms. The van der Waals surface area contributed by atoms with Crippen LogP contribution in [0.25, 0.3) is 22.2 Å². The number of hydrogen-bond donors (Lipinski definition) is 3. The fourth-order valence-electron chi connectivity index (χ4n) is 11.5. The van der Waals surface area contributed by atoms with Crippen LogP contribution in [0.5, 0.6) is 5.75 Å². The van der Waals surface area contributed by atoms with Crippen LogP contribution in [0.1, 0.15) is 59.2 Å². The second-order valence-corrected chi connectivity index (χ2v) is 24.2. The Balaban J connectivity index is 0.704. The van der Waals surface area contributed by atoms with E-state index in [-0.39, 0.29) is 40.6 Å². The summed E-state index contributed by atoms with van der Waals surface area (Å²) in [6.07, 6.45) is 12.4. The lowest BCUT2D eigenvalue weighted by Crippen LogP contribution is -2.54. The van der Waals surface area contributed by atoms with E-state index in [9.17, 15) is 23.7 Å². The molecule has 20 nitrogen and oxygen atoms in total. The van der Waals surface area contributed by atoms with Crippen molar-refractivity contribution in [1.82, 2.24) is 49.7 Å². The third-order valence-electron chi connectivity index (χ3n) is 15.4. The van der Waals surface area contributed by atoms with Gasteiger partial charge in [-0.1, -0.05) is 11.6 Å². The number of halogens is 2. The minimum atomic E-state index is -2.85. The SMILES string of the molecule is COc1cc(N2CCC(N3CCN(CC4CCN(c5cc6c(cc5F)C(=O)N([C@H]5CCC(=O)NC5=O)C6=O)CC4)CC3)CC2)c(-c2cnn(C)c2)cc1Nc1ncc(Cl)c(Nc2ccc3nccnc3c2P(C)(C)=O)n1. The number of ether oxygens (including phenoxy) is 1. The first-order chi connectivity index (χ1) is 36.6. The Morgan fingerprint density at radius 3 is 2.21 bits per heavy atom. The van der Waals surface area contributed by atoms with Crippen LogP contribution in [0.2, 0.25) is 5.02 Å². The fraction of sp³-hybridized carbons (Fsp3) is 0.415. The molecule has 4 saturated heterocycles. The van der Waals surface area contributed by atoms with E-state index in [0.29, 0.717) is 64.3 Å². The number of amides is 4. The summed E-state index contributed by atoms with van der Waals surface area (Å²) in [6.45, 7) is 11.3. The minimum Gasteiger partial charge on any atom is -0.494 e. The van der Waals surface area contributed by atoms with Crippen molar-refractivity contribution in [3.63, 3.8) is 0 Å². The first kappa shape index (κ1) is 51.1. The van der Waals surface area contributed by atoms with Gasteiger partial charge < -0.3 is 34.6 Å². The Morgan fingerprint density at radius 2 is 1.51 bits per heavy atom. The maximum Gasteiger partial charge on any atom is 0.262 e. The number of hydrogen-bond acceptors (Lipinski definition) is 17. The molecule has 6 aromatic rings. The molecule has 0 radical (unpaired) electrons. The number of piperazine rings is 1. The summed E-state index contributed by atoms with van der Waals surface area (Å²) < 4.78 is 37.1. The monoisotopic (exact) mass is 1070 g/mol. The van der Waals surface area contributed by atoms with Gasteiger partial charge in [-0.25, -0.2) is 9.37 Å². The molecule has 1 atom stereocenters. The number of methoxy groups -OCH3 is 1. The van der Waals surface area contributed by atoms with Crippen LogP contribution in [0.15, 0.2) is 67.4 Å². The molecule has 76 heavy (non-hydrogen) atoms. The van der Waals surface area contributed by atoms with Gasteiger partial charge in [-0.05, 0) is 81.7 Å². The van der Waals surface area contributed by atoms with Crippen LogP contribution in [0, 0.1) is 11.7 Å². The molecule has 11 rings (SSSR count). The number of carbonyl (C=O) groups is 4. The molecular weight excluding hydrogens is 1010 g/mol. The number of benzene rings is 3. The smallest absolute Gasteiger partial charge is 0.262 e. The summed E-state index contributed by atoms with van der Waals surface area (Å²) in [7, 11) is 0.694. The summed E-state index contributed by atoms with van der Waals surface area (Å²) >= 11 is 6.68. The molecule has 4 amide bonds. The molecule has 5 aliphatic heterocycles. The maximum atomic E-state index is 15.6. The van der Waals surface area contributed by atoms with Crippen molar-refractivity contribution in [1.29, 1.82) is 0 Å². The molecule has 0 saturated carbocycles. The van der Waals surface area contributed by atoms with E-state index in [1.165, 1.54) is 12.3 Å². The molecular formula is C53H59ClFN14O6P. The third kappa shape index (κ3) is 10.1. The van der Waals surface area contributed by atoms with Crippen LogP contribution in [0.4, 0.5) is 38.9 Å². The van der Waals surface area contributed by atoms with E-state index in [0.717, 1.165) is 99.3 Å². The quantitative estimate of drug-likeness (QED) is 0.0859. The summed E-state index contributed by atoms with van der Waals surface area (Å²) in [5, 5.41) is 14.2. The van der Waals surface area contributed by atoms with Crippen LogP contribution >= 0.6 is 18.7 Å². The van der Waals surface area contributed by atoms with Gasteiger partial charge in [0.05, 0.1) is 58.5 Å². The van der Waals surface area contributed by atoms with Gasteiger partial charge in [0, 0.05) is 120 Å². The summed E-state index contributed by atoms with van der Waals surface area (Å²) in [4.78, 5) is 79.6. The topological polar surface area (TPSA) is 216 Å². The van der Waals surface area contributed by atoms with Crippen molar-refractivity contribution in [2.24, 2.45) is 13.0 Å². The molecule has 23 heteroatoms. The predicted octanol–water partition coefficient (Wildman–Crippen LogP) is 6.26. The Morgan fingerprint density at radius 1 is 0.803 bits per heavy atom. The van der Waals surface area contributed by atoms with E-state index >= 15 is 4.39 Å². The lowest BCUT2D eigenvalue weighted by atomic mass is 9.94. The maximum absolute atomic E-state index is 15.6. The number of rotatable bonds is 13. The number of carbonyl (C=O) groups excluding carboxylic acids is 4. The Hall–Kier alpha value is -7.06. The molecule has 3 aromatic carbocycles. The molecule has 5 aliphatic rings. The number of imide groups is 2. The zero-order valence-corrected chi connectivity index (χ0v) is 44.4. The normalized spacial score (nSPS) is 19.4. The summed E-state index contributed by atoms with van der Waals surface area (Å²) in [6, 6.07) is 9.67. The van der Waals surface area contributed by atoms with E-state index in [1.807, 2.05) is 42.5 Å². The van der Waals surface area contributed by atoms with Crippen LogP contribution in [-0.2, 0) is 21.2 Å². The molecule has 3 N–H and O–H groups in total. The van der Waals surface area contributed by atoms with Crippen LogP contribution < -0.4 is 35.8 Å². The second-order valence-electron chi connectivity index (χ2n) is 20.6. The van der Waals surface area contributed by atoms with Crippen molar-refractivity contribution >= 4 is 93.2 Å². The number of piperidine rings is 3. The number of anilines is 6. The van der Waals surface area contributed by atoms with Gasteiger partial charge >= 0.3 is 0 Å². The van der Waals surface area contributed by atoms with E-state index in [4.69, 9.17) is 21.3 Å². The van der Waals surface area contributed by atoms with E-state index in [1.54, 1.807) is 37.5 Å². The molecule has 0 unspecified atom stereocenters. The van der Waals surface area contributed by atoms with Gasteiger partial charge in [0.15, 0.2) is 5.82 Å². The lowest BCUT2D eigenvalue weighted by molar-refractivity contribution is -0.136. The van der Waals surface area contributed by atoms with E-state index in [2.05, 4.69) is 56.8 Å². The van der Waals surface area contributed by atoms with Crippen molar-refractivity contribution < 1.29 is 32.9 Å². The van der Waals surface area contributed by atoms with Gasteiger partial charge in [-0.3, -0.25) is 48.9 Å². The predicted molar refractivity (Wildman–Crippen MR) is 289 cm³/mol. The van der Waals surface area contributed by atoms with Gasteiger partial charge in [-0.15, -0.1) is 0 Å². The molecule has 396 valence electrons. The van der Waals surface area contributed by atoms with Gasteiger partial charge in [0.25, 0.3) is 11.8 Å². The molecule has 0 spiro atoms. The van der Waals surface area contributed by atoms with Crippen molar-refractivity contribution in [3.05, 3.63) is 89.3 Å². The van der Waals surface area contributed by atoms with Crippen molar-refractivity contribution in [2.45, 2.75) is 50.6 Å². The highest BCUT2D eigenvalue weighted by atomic mass is 35.5. The molecule has 8 heterocycles. The highest BCUT2D eigenvalue weighted by Gasteiger charge is 2.45. The molecule has 0 aliphatic carbocycles. The zero-order chi connectivity index (χ0) is 53.0. The minimum absolute atomic E-state index is 0.0163. The zero-order valence-electron chi connectivity index (χ0n) is 42.8. The standard InChI is InChI=1S/C53H59ClFN14O6P/c1-64-30-32(27-59-64)34-24-41(61-53-58-28-37(54)49(63-53)60-40-6-5-39-47(57-14-13-56-39)48(40)76(3,4)74)45(75-2)26-43(34)67-17-11-33(12-18-67)66-21-19-65(20-22-66)29-31-9-15-68(16-10-31)44-25-36-35(23-38(44)55)51(72)69(52(36)73)42-7-8-46(70)62-50(42)71/h5-6,13-14,23-28,30-31,33,42H,7-12,15-22,29H2,1-4H3,(H,62,70,71)(H2,58,60,61,63)/t42-/m0/s1. The Kier molecular flexibility index (Phi) is 14.0. The van der Waals surface area contributed by atoms with Crippen LogP contribution in [-0.4, -0.2) is 159 Å². The Labute approximate surface area is 443 Å². The largest absolute Gasteiger partial charge is 0.494 e. The third-order valence-corrected chi connectivity index (χ3v) is 17.2. The molecule has 3 aromatic heterocycles. The summed E-state index contributed by atoms with van der Waals surface area (Å²) in [5.74, 6) is -1.43. The average Bonchev–Trinajstić information content (AvgIpc) is 3.99. The number of fused-ring (bicyclic) bond motifs is 2. The van der Waals surface area contributed by atoms with Crippen molar-refractivity contribution in [2.75, 3.05) is 99.8 Å². The highest BCUT2D eigenvalue weighted by Crippen LogP contribution is 2.44. The summed E-state index contributed by atoms with van der Waals surface area (Å²) in [5.41, 5.74) is 5.68. The second kappa shape index (κ2) is 20.8. The first-order valence-corrected chi connectivity index (χ1v) is 28.7. The highest BCUT2D eigenvalue weighted by molar-refractivity contribution is 7.71. The number of nitrogens with zero attached hydrogens (tertiary/aromatic N) is 11. The fourth-order valence-corrected chi connectivity index (χ4v) is 13.1. The number of aryl methyl sites for hydroxylation is 1. The van der Waals surface area contributed by atoms with Crippen molar-refractivity contribution in [3.8, 4) is 16.9 Å². The Bertz CT molecular complexity index is 3330. The van der Waals surface area contributed by atoms with Gasteiger partial charge in [0.1, 0.15) is 35.3 Å². The van der Waals surface area contributed by atoms with Gasteiger partial charge in [0.2, 0.25) is 17.8 Å². The lowest BCUT2D eigenvalue weighted by Gasteiger charge is -2.44. The van der Waals surface area contributed by atoms with Crippen LogP contribution in [0.3, 0.4) is 0 Å². The van der Waals surface area contributed by atoms with Gasteiger partial charge in [-0.2, -0.15) is 10.1 Å². The average molecular weight is 1070 g/mol. The number of nitrogens with one attached hydrogen (secondary N) is 3. The molecule has 4 fully saturated rings.